The van der Waals surface area contributed by atoms with Crippen LogP contribution in [0.1, 0.15) is 19.4 Å². The summed E-state index contributed by atoms with van der Waals surface area (Å²) < 4.78 is 13.8. The van der Waals surface area contributed by atoms with Gasteiger partial charge in [0.2, 0.25) is 5.67 Å². The van der Waals surface area contributed by atoms with Gasteiger partial charge in [-0.2, -0.15) is 0 Å². The molecular formula is C11H12ClFO2S. The molecule has 2 nitrogen and oxygen atoms in total. The van der Waals surface area contributed by atoms with Crippen LogP contribution in [0.15, 0.2) is 23.1 Å². The molecule has 16 heavy (non-hydrogen) atoms. The molecule has 1 atom stereocenters. The van der Waals surface area contributed by atoms with Crippen LogP contribution >= 0.6 is 23.4 Å². The summed E-state index contributed by atoms with van der Waals surface area (Å²) in [5.41, 5.74) is -2.34. The highest BCUT2D eigenvalue weighted by Crippen LogP contribution is 2.33. The van der Waals surface area contributed by atoms with E-state index in [-0.39, 0.29) is 5.56 Å². The Hall–Kier alpha value is -0.740. The van der Waals surface area contributed by atoms with Crippen molar-refractivity contribution in [3.8, 4) is 0 Å². The second-order valence-electron chi connectivity index (χ2n) is 3.39. The highest BCUT2D eigenvalue weighted by molar-refractivity contribution is 7.99. The zero-order valence-electron chi connectivity index (χ0n) is 8.96. The minimum atomic E-state index is -2.40. The maximum atomic E-state index is 13.8. The molecule has 0 amide bonds. The number of carboxylic acids is 1. The van der Waals surface area contributed by atoms with Crippen LogP contribution in [0.4, 0.5) is 4.39 Å². The molecule has 1 unspecified atom stereocenters. The third-order valence-corrected chi connectivity index (χ3v) is 3.56. The van der Waals surface area contributed by atoms with Gasteiger partial charge in [0.05, 0.1) is 5.02 Å². The Kier molecular flexibility index (Phi) is 4.21. The van der Waals surface area contributed by atoms with Gasteiger partial charge in [-0.25, -0.2) is 9.18 Å². The van der Waals surface area contributed by atoms with Crippen molar-refractivity contribution in [2.45, 2.75) is 24.4 Å². The Morgan fingerprint density at radius 1 is 1.62 bits per heavy atom. The van der Waals surface area contributed by atoms with E-state index in [1.165, 1.54) is 23.9 Å². The highest BCUT2D eigenvalue weighted by atomic mass is 35.5. The Morgan fingerprint density at radius 3 is 2.69 bits per heavy atom. The number of hydrogen-bond donors (Lipinski definition) is 1. The third kappa shape index (κ3) is 2.68. The first-order valence-electron chi connectivity index (χ1n) is 4.74. The zero-order chi connectivity index (χ0) is 12.3. The van der Waals surface area contributed by atoms with E-state index in [9.17, 15) is 9.18 Å². The fourth-order valence-electron chi connectivity index (χ4n) is 1.19. The second kappa shape index (κ2) is 5.06. The smallest absolute Gasteiger partial charge is 0.345 e. The van der Waals surface area contributed by atoms with Crippen LogP contribution in [0.5, 0.6) is 0 Å². The molecule has 0 aliphatic carbocycles. The quantitative estimate of drug-likeness (QED) is 0.841. The van der Waals surface area contributed by atoms with Gasteiger partial charge >= 0.3 is 5.97 Å². The predicted molar refractivity (Wildman–Crippen MR) is 63.9 cm³/mol. The molecule has 1 rings (SSSR count). The number of carbonyl (C=O) groups is 1. The van der Waals surface area contributed by atoms with Gasteiger partial charge in [-0.15, -0.1) is 11.8 Å². The average Bonchev–Trinajstić information content (AvgIpc) is 2.21. The number of alkyl halides is 1. The van der Waals surface area contributed by atoms with Gasteiger partial charge in [0.1, 0.15) is 0 Å². The molecular weight excluding hydrogens is 251 g/mol. The lowest BCUT2D eigenvalue weighted by Gasteiger charge is -2.16. The number of hydrogen-bond acceptors (Lipinski definition) is 2. The van der Waals surface area contributed by atoms with Crippen molar-refractivity contribution >= 4 is 29.3 Å². The van der Waals surface area contributed by atoms with Crippen LogP contribution < -0.4 is 0 Å². The summed E-state index contributed by atoms with van der Waals surface area (Å²) in [6.07, 6.45) is 0. The Morgan fingerprint density at radius 2 is 2.25 bits per heavy atom. The molecule has 0 fully saturated rings. The van der Waals surface area contributed by atoms with Gasteiger partial charge in [0.15, 0.2) is 0 Å². The predicted octanol–water partition coefficient (Wildman–Crippen LogP) is 3.72. The minimum absolute atomic E-state index is 0.0606. The Balaban J connectivity index is 3.10. The van der Waals surface area contributed by atoms with E-state index in [4.69, 9.17) is 16.7 Å². The summed E-state index contributed by atoms with van der Waals surface area (Å²) >= 11 is 7.47. The fraction of sp³-hybridized carbons (Fsp3) is 0.364. The van der Waals surface area contributed by atoms with E-state index in [1.807, 2.05) is 6.92 Å². The number of rotatable bonds is 4. The summed E-state index contributed by atoms with van der Waals surface area (Å²) in [5, 5.41) is 9.12. The summed E-state index contributed by atoms with van der Waals surface area (Å²) in [7, 11) is 0. The first-order valence-corrected chi connectivity index (χ1v) is 6.11. The highest BCUT2D eigenvalue weighted by Gasteiger charge is 2.35. The van der Waals surface area contributed by atoms with E-state index in [2.05, 4.69) is 0 Å². The number of benzene rings is 1. The van der Waals surface area contributed by atoms with Gasteiger partial charge in [0.25, 0.3) is 0 Å². The first-order chi connectivity index (χ1) is 7.39. The fourth-order valence-corrected chi connectivity index (χ4v) is 2.21. The molecule has 0 spiro atoms. The number of thioether (sulfide) groups is 1. The molecule has 5 heteroatoms. The lowest BCUT2D eigenvalue weighted by Crippen LogP contribution is -2.26. The Labute approximate surface area is 103 Å². The normalized spacial score (nSPS) is 14.5. The molecule has 0 aliphatic rings. The van der Waals surface area contributed by atoms with Crippen LogP contribution in [-0.2, 0) is 10.5 Å². The molecule has 0 saturated carbocycles. The lowest BCUT2D eigenvalue weighted by atomic mass is 9.98. The van der Waals surface area contributed by atoms with Gasteiger partial charge in [-0.1, -0.05) is 24.6 Å². The van der Waals surface area contributed by atoms with Crippen molar-refractivity contribution < 1.29 is 14.3 Å². The van der Waals surface area contributed by atoms with Crippen LogP contribution in [0.3, 0.4) is 0 Å². The van der Waals surface area contributed by atoms with Crippen LogP contribution in [-0.4, -0.2) is 16.8 Å². The van der Waals surface area contributed by atoms with Crippen molar-refractivity contribution in [1.29, 1.82) is 0 Å². The maximum Gasteiger partial charge on any atom is 0.345 e. The van der Waals surface area contributed by atoms with Crippen molar-refractivity contribution in [3.05, 3.63) is 28.8 Å². The monoisotopic (exact) mass is 262 g/mol. The first kappa shape index (κ1) is 13.3. The molecule has 0 saturated heterocycles. The molecule has 0 bridgehead atoms. The van der Waals surface area contributed by atoms with Crippen molar-refractivity contribution in [2.24, 2.45) is 0 Å². The van der Waals surface area contributed by atoms with E-state index in [0.717, 1.165) is 17.6 Å². The molecule has 0 radical (unpaired) electrons. The van der Waals surface area contributed by atoms with E-state index in [1.54, 1.807) is 6.07 Å². The van der Waals surface area contributed by atoms with Crippen molar-refractivity contribution in [1.82, 2.24) is 0 Å². The molecule has 1 aromatic carbocycles. The van der Waals surface area contributed by atoms with Crippen molar-refractivity contribution in [2.75, 3.05) is 5.75 Å². The summed E-state index contributed by atoms with van der Waals surface area (Å²) in [5.74, 6) is -0.662. The summed E-state index contributed by atoms with van der Waals surface area (Å²) in [6, 6.07) is 4.47. The van der Waals surface area contributed by atoms with Gasteiger partial charge in [-0.3, -0.25) is 0 Å². The van der Waals surface area contributed by atoms with Gasteiger partial charge < -0.3 is 5.11 Å². The second-order valence-corrected chi connectivity index (χ2v) is 5.10. The molecule has 0 heterocycles. The average molecular weight is 263 g/mol. The van der Waals surface area contributed by atoms with Gasteiger partial charge in [-0.05, 0) is 24.8 Å². The minimum Gasteiger partial charge on any atom is -0.479 e. The van der Waals surface area contributed by atoms with Gasteiger partial charge in [0, 0.05) is 10.5 Å². The van der Waals surface area contributed by atoms with Crippen molar-refractivity contribution in [3.63, 3.8) is 0 Å². The van der Waals surface area contributed by atoms with E-state index >= 15 is 0 Å². The number of aliphatic carboxylic acids is 1. The lowest BCUT2D eigenvalue weighted by molar-refractivity contribution is -0.150. The van der Waals surface area contributed by atoms with Crippen LogP contribution in [0.2, 0.25) is 5.02 Å². The van der Waals surface area contributed by atoms with Crippen LogP contribution in [0.25, 0.3) is 0 Å². The van der Waals surface area contributed by atoms with E-state index in [0.29, 0.717) is 5.02 Å². The third-order valence-electron chi connectivity index (χ3n) is 2.18. The molecule has 1 aromatic rings. The zero-order valence-corrected chi connectivity index (χ0v) is 10.5. The molecule has 1 N–H and O–H groups in total. The molecule has 88 valence electrons. The largest absolute Gasteiger partial charge is 0.479 e. The van der Waals surface area contributed by atoms with Crippen LogP contribution in [0, 0.1) is 0 Å². The molecule has 0 aromatic heterocycles. The maximum absolute atomic E-state index is 13.8. The Bertz CT molecular complexity index is 407. The van der Waals surface area contributed by atoms with E-state index < -0.39 is 11.6 Å². The summed E-state index contributed by atoms with van der Waals surface area (Å²) in [6.45, 7) is 2.99. The topological polar surface area (TPSA) is 37.3 Å². The SMILES string of the molecule is CCSc1ccc(C(C)(F)C(=O)O)cc1Cl. The number of carboxylic acid groups (broad SMARTS) is 1. The standard InChI is InChI=1S/C11H12ClFO2S/c1-3-16-9-5-4-7(6-8(9)12)11(2,13)10(14)15/h4-6H,3H2,1-2H3,(H,14,15). The molecule has 0 aliphatic heterocycles. The number of halogens is 2. The summed E-state index contributed by atoms with van der Waals surface area (Å²) in [4.78, 5) is 11.5.